The molecule has 5 atom stereocenters. The third kappa shape index (κ3) is 3.92. The molecule has 0 aromatic heterocycles. The van der Waals surface area contributed by atoms with Crippen molar-refractivity contribution in [2.45, 2.75) is 83.1 Å². The maximum absolute atomic E-state index is 3.48. The molecule has 23 heavy (non-hydrogen) atoms. The van der Waals surface area contributed by atoms with Gasteiger partial charge in [-0.3, -0.25) is 0 Å². The summed E-state index contributed by atoms with van der Waals surface area (Å²) in [6.45, 7) is 3.62. The highest BCUT2D eigenvalue weighted by atomic mass is 15.9. The minimum absolute atomic E-state index is 0.812. The van der Waals surface area contributed by atoms with Crippen molar-refractivity contribution >= 4 is 0 Å². The molecule has 0 amide bonds. The SMILES string of the molecule is C1CCCCC2CNNN(C2)N2CCC3CCC(CCC1)CC32. The molecule has 5 unspecified atom stereocenters. The van der Waals surface area contributed by atoms with Crippen molar-refractivity contribution in [3.8, 4) is 0 Å². The minimum Gasteiger partial charge on any atom is -0.243 e. The summed E-state index contributed by atoms with van der Waals surface area (Å²) >= 11 is 0. The maximum atomic E-state index is 3.48. The van der Waals surface area contributed by atoms with E-state index in [1.807, 2.05) is 0 Å². The first-order chi connectivity index (χ1) is 11.4. The van der Waals surface area contributed by atoms with E-state index in [1.165, 1.54) is 90.1 Å². The molecule has 4 bridgehead atoms. The van der Waals surface area contributed by atoms with E-state index in [1.54, 1.807) is 0 Å². The lowest BCUT2D eigenvalue weighted by molar-refractivity contribution is -0.133. The van der Waals surface area contributed by atoms with Crippen molar-refractivity contribution in [1.29, 1.82) is 0 Å². The van der Waals surface area contributed by atoms with Crippen molar-refractivity contribution in [2.24, 2.45) is 17.8 Å². The Morgan fingerprint density at radius 3 is 2.39 bits per heavy atom. The molecule has 4 fully saturated rings. The molecule has 0 radical (unpaired) electrons. The molecule has 132 valence electrons. The Morgan fingerprint density at radius 2 is 1.52 bits per heavy atom. The van der Waals surface area contributed by atoms with Crippen LogP contribution in [0, 0.1) is 17.8 Å². The predicted molar refractivity (Wildman–Crippen MR) is 94.2 cm³/mol. The van der Waals surface area contributed by atoms with Gasteiger partial charge in [-0.25, -0.2) is 10.4 Å². The fourth-order valence-corrected chi connectivity index (χ4v) is 5.59. The Kier molecular flexibility index (Phi) is 5.54. The molecule has 0 aromatic rings. The second-order valence-electron chi connectivity index (χ2n) is 8.60. The van der Waals surface area contributed by atoms with Crippen LogP contribution < -0.4 is 11.0 Å². The molecule has 3 saturated heterocycles. The molecular weight excluding hydrogens is 284 g/mol. The van der Waals surface area contributed by atoms with Gasteiger partial charge in [0.1, 0.15) is 0 Å². The molecule has 2 N–H and O–H groups in total. The van der Waals surface area contributed by atoms with Crippen LogP contribution in [-0.4, -0.2) is 35.8 Å². The van der Waals surface area contributed by atoms with Gasteiger partial charge in [0.2, 0.25) is 0 Å². The zero-order valence-electron chi connectivity index (χ0n) is 14.8. The topological polar surface area (TPSA) is 30.5 Å². The molecule has 3 aliphatic heterocycles. The summed E-state index contributed by atoms with van der Waals surface area (Å²) in [5, 5.41) is 5.16. The van der Waals surface area contributed by atoms with E-state index in [0.717, 1.165) is 30.3 Å². The Balaban J connectivity index is 1.45. The number of hydrazine groups is 3. The third-order valence-electron chi connectivity index (χ3n) is 6.99. The van der Waals surface area contributed by atoms with Gasteiger partial charge in [0.15, 0.2) is 0 Å². The van der Waals surface area contributed by atoms with E-state index in [4.69, 9.17) is 0 Å². The maximum Gasteiger partial charge on any atom is 0.0345 e. The monoisotopic (exact) mass is 320 g/mol. The van der Waals surface area contributed by atoms with Gasteiger partial charge in [0.25, 0.3) is 0 Å². The normalized spacial score (nSPS) is 43.6. The number of fused-ring (bicyclic) bond motifs is 4. The predicted octanol–water partition coefficient (Wildman–Crippen LogP) is 3.47. The largest absolute Gasteiger partial charge is 0.243 e. The van der Waals surface area contributed by atoms with Gasteiger partial charge in [-0.05, 0) is 43.4 Å². The van der Waals surface area contributed by atoms with Crippen molar-refractivity contribution in [3.05, 3.63) is 0 Å². The quantitative estimate of drug-likeness (QED) is 0.715. The molecule has 1 saturated carbocycles. The molecule has 4 rings (SSSR count). The van der Waals surface area contributed by atoms with Crippen LogP contribution >= 0.6 is 0 Å². The molecule has 3 heterocycles. The first kappa shape index (κ1) is 16.3. The lowest BCUT2D eigenvalue weighted by atomic mass is 9.77. The lowest BCUT2D eigenvalue weighted by Gasteiger charge is -2.44. The third-order valence-corrected chi connectivity index (χ3v) is 6.99. The van der Waals surface area contributed by atoms with Gasteiger partial charge in [-0.1, -0.05) is 51.4 Å². The second-order valence-corrected chi connectivity index (χ2v) is 8.60. The molecule has 0 aromatic carbocycles. The Morgan fingerprint density at radius 1 is 0.739 bits per heavy atom. The summed E-state index contributed by atoms with van der Waals surface area (Å²) in [5.74, 6) is 2.78. The van der Waals surface area contributed by atoms with E-state index in [2.05, 4.69) is 21.1 Å². The van der Waals surface area contributed by atoms with E-state index >= 15 is 0 Å². The van der Waals surface area contributed by atoms with E-state index in [9.17, 15) is 0 Å². The number of nitrogens with zero attached hydrogens (tertiary/aromatic N) is 2. The van der Waals surface area contributed by atoms with Gasteiger partial charge >= 0.3 is 0 Å². The Labute approximate surface area is 142 Å². The summed E-state index contributed by atoms with van der Waals surface area (Å²) in [4.78, 5) is 0. The van der Waals surface area contributed by atoms with Crippen LogP contribution in [0.15, 0.2) is 0 Å². The van der Waals surface area contributed by atoms with Crippen LogP contribution in [0.2, 0.25) is 0 Å². The first-order valence-electron chi connectivity index (χ1n) is 10.4. The molecule has 4 aliphatic rings. The average Bonchev–Trinajstić information content (AvgIpc) is 3.00. The van der Waals surface area contributed by atoms with Gasteiger partial charge in [0, 0.05) is 25.7 Å². The first-order valence-corrected chi connectivity index (χ1v) is 10.4. The van der Waals surface area contributed by atoms with Crippen LogP contribution in [0.4, 0.5) is 0 Å². The van der Waals surface area contributed by atoms with Crippen molar-refractivity contribution < 1.29 is 0 Å². The standard InChI is InChI=1S/C19H36N4/c1-2-4-6-8-17-14-20-21-23(15-17)22-12-11-18-10-9-16(7-5-3-1)13-19(18)22/h16-21H,1-15H2. The van der Waals surface area contributed by atoms with Gasteiger partial charge in [-0.2, -0.15) is 10.7 Å². The molecular formula is C19H36N4. The van der Waals surface area contributed by atoms with Gasteiger partial charge in [0.05, 0.1) is 0 Å². The summed E-state index contributed by atoms with van der Waals surface area (Å²) in [5.41, 5.74) is 6.95. The summed E-state index contributed by atoms with van der Waals surface area (Å²) in [7, 11) is 0. The number of nitrogens with one attached hydrogen (secondary N) is 2. The van der Waals surface area contributed by atoms with Crippen LogP contribution in [-0.2, 0) is 0 Å². The zero-order valence-corrected chi connectivity index (χ0v) is 14.8. The smallest absolute Gasteiger partial charge is 0.0345 e. The number of hydrogen-bond donors (Lipinski definition) is 2. The van der Waals surface area contributed by atoms with E-state index in [0.29, 0.717) is 0 Å². The molecule has 4 nitrogen and oxygen atoms in total. The van der Waals surface area contributed by atoms with Gasteiger partial charge in [-0.15, -0.1) is 0 Å². The molecule has 4 heteroatoms. The lowest BCUT2D eigenvalue weighted by Crippen LogP contribution is -2.64. The van der Waals surface area contributed by atoms with Crippen molar-refractivity contribution in [2.75, 3.05) is 19.6 Å². The number of hydrogen-bond acceptors (Lipinski definition) is 4. The van der Waals surface area contributed by atoms with Crippen LogP contribution in [0.25, 0.3) is 0 Å². The van der Waals surface area contributed by atoms with Crippen molar-refractivity contribution in [1.82, 2.24) is 21.1 Å². The van der Waals surface area contributed by atoms with Crippen molar-refractivity contribution in [3.63, 3.8) is 0 Å². The second kappa shape index (κ2) is 7.81. The highest BCUT2D eigenvalue weighted by Crippen LogP contribution is 2.41. The summed E-state index contributed by atoms with van der Waals surface area (Å²) in [6, 6.07) is 0.812. The van der Waals surface area contributed by atoms with Crippen LogP contribution in [0.3, 0.4) is 0 Å². The van der Waals surface area contributed by atoms with E-state index in [-0.39, 0.29) is 0 Å². The summed E-state index contributed by atoms with van der Waals surface area (Å²) < 4.78 is 0. The van der Waals surface area contributed by atoms with Gasteiger partial charge < -0.3 is 0 Å². The summed E-state index contributed by atoms with van der Waals surface area (Å²) in [6.07, 6.45) is 17.5. The molecule has 1 aliphatic carbocycles. The minimum atomic E-state index is 0.812. The van der Waals surface area contributed by atoms with Crippen LogP contribution in [0.1, 0.15) is 77.0 Å². The highest BCUT2D eigenvalue weighted by Gasteiger charge is 2.42. The fourth-order valence-electron chi connectivity index (χ4n) is 5.59. The Hall–Kier alpha value is -0.160. The number of rotatable bonds is 0. The fraction of sp³-hybridized carbons (Fsp3) is 1.00. The molecule has 0 spiro atoms. The Bertz CT molecular complexity index is 374. The highest BCUT2D eigenvalue weighted by molar-refractivity contribution is 4.91. The zero-order chi connectivity index (χ0) is 15.5. The van der Waals surface area contributed by atoms with E-state index < -0.39 is 0 Å². The average molecular weight is 321 g/mol. The van der Waals surface area contributed by atoms with Crippen LogP contribution in [0.5, 0.6) is 0 Å².